The molecule has 1 amide bonds. The van der Waals surface area contributed by atoms with Gasteiger partial charge < -0.3 is 10.2 Å². The molecule has 3 N–H and O–H groups in total. The number of anilines is 1. The first kappa shape index (κ1) is 23.2. The summed E-state index contributed by atoms with van der Waals surface area (Å²) in [5.74, 6) is -0.0601. The lowest BCUT2D eigenvalue weighted by molar-refractivity contribution is -0.120. The number of primary sulfonamides is 1. The minimum Gasteiger partial charge on any atom is -0.369 e. The van der Waals surface area contributed by atoms with Crippen molar-refractivity contribution in [2.24, 2.45) is 5.14 Å². The minimum absolute atomic E-state index is 0.0522. The molecule has 0 spiro atoms. The Kier molecular flexibility index (Phi) is 8.06. The molecule has 31 heavy (non-hydrogen) atoms. The number of amides is 1. The molecule has 0 aromatic heterocycles. The first-order chi connectivity index (χ1) is 14.8. The van der Waals surface area contributed by atoms with Crippen LogP contribution in [0, 0.1) is 6.92 Å². The van der Waals surface area contributed by atoms with Crippen LogP contribution in [0.5, 0.6) is 0 Å². The van der Waals surface area contributed by atoms with Gasteiger partial charge in [-0.15, -0.1) is 0 Å². The number of nitrogens with zero attached hydrogens (tertiary/aromatic N) is 2. The zero-order valence-corrected chi connectivity index (χ0v) is 18.9. The minimum atomic E-state index is -3.70. The topological polar surface area (TPSA) is 95.7 Å². The van der Waals surface area contributed by atoms with Crippen LogP contribution in [0.25, 0.3) is 0 Å². The van der Waals surface area contributed by atoms with Crippen LogP contribution in [0.4, 0.5) is 5.69 Å². The number of aryl methyl sites for hydroxylation is 1. The summed E-state index contributed by atoms with van der Waals surface area (Å²) in [5, 5.41) is 8.02. The van der Waals surface area contributed by atoms with E-state index >= 15 is 0 Å². The molecule has 2 aromatic carbocycles. The molecule has 8 heteroatoms. The lowest BCUT2D eigenvalue weighted by Crippen LogP contribution is -2.46. The predicted octanol–water partition coefficient (Wildman–Crippen LogP) is 1.90. The van der Waals surface area contributed by atoms with Crippen LogP contribution in [0.2, 0.25) is 0 Å². The third-order valence-electron chi connectivity index (χ3n) is 5.58. The van der Waals surface area contributed by atoms with Gasteiger partial charge in [0.05, 0.1) is 11.3 Å². The van der Waals surface area contributed by atoms with E-state index in [2.05, 4.69) is 46.3 Å². The van der Waals surface area contributed by atoms with Crippen molar-refractivity contribution < 1.29 is 13.2 Å². The van der Waals surface area contributed by atoms with Gasteiger partial charge in [-0.25, -0.2) is 13.6 Å². The number of hydrogen-bond acceptors (Lipinski definition) is 5. The second-order valence-corrected chi connectivity index (χ2v) is 9.65. The molecule has 0 atom stereocenters. The highest BCUT2D eigenvalue weighted by atomic mass is 32.2. The van der Waals surface area contributed by atoms with E-state index in [-0.39, 0.29) is 17.2 Å². The van der Waals surface area contributed by atoms with E-state index in [0.29, 0.717) is 6.54 Å². The van der Waals surface area contributed by atoms with Gasteiger partial charge >= 0.3 is 0 Å². The largest absolute Gasteiger partial charge is 0.369 e. The highest BCUT2D eigenvalue weighted by Gasteiger charge is 2.16. The second kappa shape index (κ2) is 10.7. The molecular formula is C23H32N4O3S. The Bertz CT molecular complexity index is 969. The molecule has 3 rings (SSSR count). The summed E-state index contributed by atoms with van der Waals surface area (Å²) < 4.78 is 22.5. The van der Waals surface area contributed by atoms with E-state index < -0.39 is 10.0 Å². The second-order valence-electron chi connectivity index (χ2n) is 8.09. The smallest absolute Gasteiger partial charge is 0.238 e. The maximum absolute atomic E-state index is 12.1. The number of carbonyl (C=O) groups excluding carboxylic acids is 1. The Balaban J connectivity index is 1.29. The van der Waals surface area contributed by atoms with Gasteiger partial charge in [-0.3, -0.25) is 9.69 Å². The van der Waals surface area contributed by atoms with Crippen molar-refractivity contribution in [1.82, 2.24) is 10.2 Å². The molecule has 0 radical (unpaired) electrons. The number of unbranched alkanes of at least 4 members (excludes halogenated alkanes) is 1. The fourth-order valence-electron chi connectivity index (χ4n) is 3.79. The molecule has 0 aliphatic carbocycles. The van der Waals surface area contributed by atoms with Gasteiger partial charge in [0.1, 0.15) is 0 Å². The number of rotatable bonds is 9. The molecule has 7 nitrogen and oxygen atoms in total. The SMILES string of the molecule is Cc1cccc(N2CCN(CCCCNC(=O)Cc3ccc(S(N)(=O)=O)cc3)CC2)c1. The summed E-state index contributed by atoms with van der Waals surface area (Å²) in [5.41, 5.74) is 3.36. The number of benzene rings is 2. The molecule has 0 bridgehead atoms. The lowest BCUT2D eigenvalue weighted by Gasteiger charge is -2.36. The Labute approximate surface area is 185 Å². The zero-order valence-electron chi connectivity index (χ0n) is 18.1. The van der Waals surface area contributed by atoms with Crippen molar-refractivity contribution in [3.05, 3.63) is 59.7 Å². The number of carbonyl (C=O) groups is 1. The van der Waals surface area contributed by atoms with Crippen LogP contribution in [0.15, 0.2) is 53.4 Å². The Morgan fingerprint density at radius 2 is 1.74 bits per heavy atom. The van der Waals surface area contributed by atoms with Gasteiger partial charge in [0, 0.05) is 38.4 Å². The van der Waals surface area contributed by atoms with Gasteiger partial charge in [0.2, 0.25) is 15.9 Å². The van der Waals surface area contributed by atoms with Gasteiger partial charge in [-0.1, -0.05) is 24.3 Å². The average molecular weight is 445 g/mol. The van der Waals surface area contributed by atoms with E-state index in [9.17, 15) is 13.2 Å². The summed E-state index contributed by atoms with van der Waals surface area (Å²) in [6, 6.07) is 14.8. The van der Waals surface area contributed by atoms with Crippen LogP contribution in [-0.2, 0) is 21.2 Å². The molecular weight excluding hydrogens is 412 g/mol. The van der Waals surface area contributed by atoms with Gasteiger partial charge in [-0.05, 0) is 61.7 Å². The monoisotopic (exact) mass is 444 g/mol. The fourth-order valence-corrected chi connectivity index (χ4v) is 4.30. The summed E-state index contributed by atoms with van der Waals surface area (Å²) in [6.45, 7) is 8.05. The zero-order chi connectivity index (χ0) is 22.3. The average Bonchev–Trinajstić information content (AvgIpc) is 2.74. The van der Waals surface area contributed by atoms with E-state index in [4.69, 9.17) is 5.14 Å². The maximum Gasteiger partial charge on any atom is 0.238 e. The quantitative estimate of drug-likeness (QED) is 0.576. The Hall–Kier alpha value is -2.42. The summed E-state index contributed by atoms with van der Waals surface area (Å²) in [4.78, 5) is 17.1. The number of piperazine rings is 1. The fraction of sp³-hybridized carbons (Fsp3) is 0.435. The Morgan fingerprint density at radius 3 is 2.39 bits per heavy atom. The highest BCUT2D eigenvalue weighted by molar-refractivity contribution is 7.89. The lowest BCUT2D eigenvalue weighted by atomic mass is 10.1. The molecule has 1 aliphatic heterocycles. The standard InChI is InChI=1S/C23H32N4O3S/c1-19-5-4-6-21(17-19)27-15-13-26(14-16-27)12-3-2-11-25-23(28)18-20-7-9-22(10-8-20)31(24,29)30/h4-10,17H,2-3,11-16,18H2,1H3,(H,25,28)(H2,24,29,30). The van der Waals surface area contributed by atoms with Crippen molar-refractivity contribution in [1.29, 1.82) is 0 Å². The maximum atomic E-state index is 12.1. The predicted molar refractivity (Wildman–Crippen MR) is 124 cm³/mol. The van der Waals surface area contributed by atoms with Crippen LogP contribution in [0.3, 0.4) is 0 Å². The molecule has 168 valence electrons. The van der Waals surface area contributed by atoms with E-state index in [1.165, 1.54) is 23.4 Å². The number of hydrogen-bond donors (Lipinski definition) is 2. The van der Waals surface area contributed by atoms with Crippen molar-refractivity contribution >= 4 is 21.6 Å². The molecule has 1 aliphatic rings. The third-order valence-corrected chi connectivity index (χ3v) is 6.51. The molecule has 1 fully saturated rings. The van der Waals surface area contributed by atoms with Crippen LogP contribution in [-0.4, -0.2) is 58.5 Å². The van der Waals surface area contributed by atoms with Crippen molar-refractivity contribution in [3.63, 3.8) is 0 Å². The van der Waals surface area contributed by atoms with Crippen molar-refractivity contribution in [3.8, 4) is 0 Å². The normalized spacial score (nSPS) is 15.1. The third kappa shape index (κ3) is 7.34. The van der Waals surface area contributed by atoms with Gasteiger partial charge in [0.15, 0.2) is 0 Å². The van der Waals surface area contributed by atoms with Crippen LogP contribution < -0.4 is 15.4 Å². The Morgan fingerprint density at radius 1 is 1.03 bits per heavy atom. The molecule has 1 saturated heterocycles. The molecule has 0 saturated carbocycles. The number of nitrogens with two attached hydrogens (primary N) is 1. The van der Waals surface area contributed by atoms with E-state index in [1.54, 1.807) is 12.1 Å². The molecule has 1 heterocycles. The number of sulfonamides is 1. The van der Waals surface area contributed by atoms with E-state index in [1.807, 2.05) is 0 Å². The first-order valence-electron chi connectivity index (χ1n) is 10.7. The van der Waals surface area contributed by atoms with Crippen LogP contribution >= 0.6 is 0 Å². The van der Waals surface area contributed by atoms with Gasteiger partial charge in [-0.2, -0.15) is 0 Å². The summed E-state index contributed by atoms with van der Waals surface area (Å²) in [6.07, 6.45) is 2.22. The van der Waals surface area contributed by atoms with Crippen molar-refractivity contribution in [2.45, 2.75) is 31.1 Å². The van der Waals surface area contributed by atoms with Crippen LogP contribution in [0.1, 0.15) is 24.0 Å². The molecule has 2 aromatic rings. The van der Waals surface area contributed by atoms with E-state index in [0.717, 1.165) is 51.1 Å². The van der Waals surface area contributed by atoms with Gasteiger partial charge in [0.25, 0.3) is 0 Å². The highest BCUT2D eigenvalue weighted by Crippen LogP contribution is 2.18. The summed E-state index contributed by atoms with van der Waals surface area (Å²) in [7, 11) is -3.70. The number of nitrogens with one attached hydrogen (secondary N) is 1. The van der Waals surface area contributed by atoms with Crippen molar-refractivity contribution in [2.75, 3.05) is 44.2 Å². The summed E-state index contributed by atoms with van der Waals surface area (Å²) >= 11 is 0. The first-order valence-corrected chi connectivity index (χ1v) is 12.3. The molecule has 0 unspecified atom stereocenters.